The van der Waals surface area contributed by atoms with Gasteiger partial charge in [0.2, 0.25) is 0 Å². The lowest BCUT2D eigenvalue weighted by atomic mass is 9.85. The Labute approximate surface area is 106 Å². The molecule has 0 aromatic carbocycles. The molecule has 0 amide bonds. The highest BCUT2D eigenvalue weighted by molar-refractivity contribution is 4.95. The first-order valence-corrected chi connectivity index (χ1v) is 7.03. The summed E-state index contributed by atoms with van der Waals surface area (Å²) in [6.07, 6.45) is 5.50. The topological polar surface area (TPSA) is 38.5 Å². The molecule has 3 unspecified atom stereocenters. The summed E-state index contributed by atoms with van der Waals surface area (Å²) >= 11 is 0. The van der Waals surface area contributed by atoms with Gasteiger partial charge in [0.05, 0.1) is 6.10 Å². The highest BCUT2D eigenvalue weighted by Gasteiger charge is 2.40. The SMILES string of the molecule is COC1CCCN(CC2CCC(C)(C)C2N)C1. The first kappa shape index (κ1) is 13.3. The van der Waals surface area contributed by atoms with Crippen molar-refractivity contribution in [3.63, 3.8) is 0 Å². The quantitative estimate of drug-likeness (QED) is 0.818. The Morgan fingerprint density at radius 1 is 1.35 bits per heavy atom. The fourth-order valence-electron chi connectivity index (χ4n) is 3.45. The summed E-state index contributed by atoms with van der Waals surface area (Å²) in [7, 11) is 1.83. The van der Waals surface area contributed by atoms with Gasteiger partial charge < -0.3 is 15.4 Å². The molecular formula is C14H28N2O. The molecule has 1 saturated carbocycles. The molecule has 0 radical (unpaired) electrons. The van der Waals surface area contributed by atoms with Gasteiger partial charge in [0.25, 0.3) is 0 Å². The van der Waals surface area contributed by atoms with E-state index in [0.717, 1.165) is 6.54 Å². The van der Waals surface area contributed by atoms with E-state index in [9.17, 15) is 0 Å². The van der Waals surface area contributed by atoms with Crippen molar-refractivity contribution in [1.29, 1.82) is 0 Å². The van der Waals surface area contributed by atoms with Crippen LogP contribution in [0.15, 0.2) is 0 Å². The molecule has 2 rings (SSSR count). The number of ether oxygens (including phenoxy) is 1. The monoisotopic (exact) mass is 240 g/mol. The molecule has 2 aliphatic rings. The molecule has 2 N–H and O–H groups in total. The maximum atomic E-state index is 6.38. The Kier molecular flexibility index (Phi) is 4.11. The predicted octanol–water partition coefficient (Wildman–Crippen LogP) is 1.86. The van der Waals surface area contributed by atoms with Crippen molar-refractivity contribution in [3.05, 3.63) is 0 Å². The first-order chi connectivity index (χ1) is 8.03. The zero-order valence-electron chi connectivity index (χ0n) is 11.6. The molecule has 1 heterocycles. The first-order valence-electron chi connectivity index (χ1n) is 7.03. The lowest BCUT2D eigenvalue weighted by molar-refractivity contribution is 0.0246. The molecule has 17 heavy (non-hydrogen) atoms. The van der Waals surface area contributed by atoms with Crippen molar-refractivity contribution in [2.75, 3.05) is 26.7 Å². The Hall–Kier alpha value is -0.120. The van der Waals surface area contributed by atoms with Crippen molar-refractivity contribution in [3.8, 4) is 0 Å². The van der Waals surface area contributed by atoms with Gasteiger partial charge in [-0.2, -0.15) is 0 Å². The Balaban J connectivity index is 1.85. The molecule has 1 saturated heterocycles. The summed E-state index contributed by atoms with van der Waals surface area (Å²) < 4.78 is 5.48. The minimum absolute atomic E-state index is 0.334. The average Bonchev–Trinajstić information content (AvgIpc) is 2.57. The van der Waals surface area contributed by atoms with Gasteiger partial charge in [-0.25, -0.2) is 0 Å². The number of likely N-dealkylation sites (tertiary alicyclic amines) is 1. The van der Waals surface area contributed by atoms with Crippen LogP contribution >= 0.6 is 0 Å². The van der Waals surface area contributed by atoms with Crippen molar-refractivity contribution >= 4 is 0 Å². The van der Waals surface area contributed by atoms with E-state index in [1.807, 2.05) is 7.11 Å². The second-order valence-corrected chi connectivity index (χ2v) is 6.57. The standard InChI is InChI=1S/C14H28N2O/c1-14(2)7-6-11(13(14)15)9-16-8-4-5-12(10-16)17-3/h11-13H,4-10,15H2,1-3H3. The number of piperidine rings is 1. The van der Waals surface area contributed by atoms with E-state index in [1.54, 1.807) is 0 Å². The third kappa shape index (κ3) is 3.01. The Bertz CT molecular complexity index is 255. The zero-order chi connectivity index (χ0) is 12.5. The van der Waals surface area contributed by atoms with Gasteiger partial charge >= 0.3 is 0 Å². The summed E-state index contributed by atoms with van der Waals surface area (Å²) in [5, 5.41) is 0. The molecule has 3 atom stereocenters. The normalized spacial score (nSPS) is 38.5. The fourth-order valence-corrected chi connectivity index (χ4v) is 3.45. The summed E-state index contributed by atoms with van der Waals surface area (Å²) in [5.74, 6) is 0.681. The van der Waals surface area contributed by atoms with Crippen molar-refractivity contribution < 1.29 is 4.74 Å². The third-order valence-corrected chi connectivity index (χ3v) is 4.86. The Morgan fingerprint density at radius 2 is 2.12 bits per heavy atom. The van der Waals surface area contributed by atoms with Crippen LogP contribution in [0.4, 0.5) is 0 Å². The highest BCUT2D eigenvalue weighted by Crippen LogP contribution is 2.40. The number of hydrogen-bond acceptors (Lipinski definition) is 3. The van der Waals surface area contributed by atoms with E-state index in [0.29, 0.717) is 23.5 Å². The van der Waals surface area contributed by atoms with Crippen LogP contribution in [-0.4, -0.2) is 43.8 Å². The van der Waals surface area contributed by atoms with E-state index in [4.69, 9.17) is 10.5 Å². The van der Waals surface area contributed by atoms with Gasteiger partial charge in [0.1, 0.15) is 0 Å². The van der Waals surface area contributed by atoms with E-state index in [2.05, 4.69) is 18.7 Å². The summed E-state index contributed by atoms with van der Waals surface area (Å²) in [6.45, 7) is 8.12. The lowest BCUT2D eigenvalue weighted by Crippen LogP contribution is -2.46. The highest BCUT2D eigenvalue weighted by atomic mass is 16.5. The predicted molar refractivity (Wildman–Crippen MR) is 71.0 cm³/mol. The molecule has 0 aromatic heterocycles. The van der Waals surface area contributed by atoms with Crippen LogP contribution in [0.5, 0.6) is 0 Å². The number of rotatable bonds is 3. The van der Waals surface area contributed by atoms with Gasteiger partial charge in [-0.3, -0.25) is 0 Å². The summed E-state index contributed by atoms with van der Waals surface area (Å²) in [5.41, 5.74) is 6.72. The van der Waals surface area contributed by atoms with Crippen LogP contribution in [0.25, 0.3) is 0 Å². The van der Waals surface area contributed by atoms with E-state index in [1.165, 1.54) is 38.8 Å². The van der Waals surface area contributed by atoms with Crippen LogP contribution < -0.4 is 5.73 Å². The molecule has 100 valence electrons. The molecule has 0 aromatic rings. The molecule has 2 fully saturated rings. The van der Waals surface area contributed by atoms with Crippen LogP contribution in [0, 0.1) is 11.3 Å². The second-order valence-electron chi connectivity index (χ2n) is 6.57. The van der Waals surface area contributed by atoms with Crippen molar-refractivity contribution in [1.82, 2.24) is 4.90 Å². The lowest BCUT2D eigenvalue weighted by Gasteiger charge is -2.35. The Morgan fingerprint density at radius 3 is 2.71 bits per heavy atom. The number of hydrogen-bond donors (Lipinski definition) is 1. The molecular weight excluding hydrogens is 212 g/mol. The smallest absolute Gasteiger partial charge is 0.0698 e. The fraction of sp³-hybridized carbons (Fsp3) is 1.00. The molecule has 1 aliphatic carbocycles. The van der Waals surface area contributed by atoms with Crippen molar-refractivity contribution in [2.45, 2.75) is 51.7 Å². The van der Waals surface area contributed by atoms with Gasteiger partial charge in [0, 0.05) is 26.2 Å². The van der Waals surface area contributed by atoms with Crippen molar-refractivity contribution in [2.24, 2.45) is 17.1 Å². The van der Waals surface area contributed by atoms with Gasteiger partial charge in [0.15, 0.2) is 0 Å². The van der Waals surface area contributed by atoms with Crippen LogP contribution in [0.3, 0.4) is 0 Å². The molecule has 3 heteroatoms. The molecule has 3 nitrogen and oxygen atoms in total. The summed E-state index contributed by atoms with van der Waals surface area (Å²) in [4.78, 5) is 2.56. The maximum absolute atomic E-state index is 6.38. The van der Waals surface area contributed by atoms with Gasteiger partial charge in [-0.15, -0.1) is 0 Å². The number of nitrogens with zero attached hydrogens (tertiary/aromatic N) is 1. The number of nitrogens with two attached hydrogens (primary N) is 1. The molecule has 1 aliphatic heterocycles. The number of methoxy groups -OCH3 is 1. The van der Waals surface area contributed by atoms with Crippen LogP contribution in [0.2, 0.25) is 0 Å². The maximum Gasteiger partial charge on any atom is 0.0698 e. The minimum atomic E-state index is 0.334. The summed E-state index contributed by atoms with van der Waals surface area (Å²) in [6, 6.07) is 0.366. The second kappa shape index (κ2) is 5.25. The van der Waals surface area contributed by atoms with Crippen LogP contribution in [-0.2, 0) is 4.74 Å². The van der Waals surface area contributed by atoms with Crippen LogP contribution in [0.1, 0.15) is 39.5 Å². The zero-order valence-corrected chi connectivity index (χ0v) is 11.6. The van der Waals surface area contributed by atoms with E-state index < -0.39 is 0 Å². The third-order valence-electron chi connectivity index (χ3n) is 4.86. The van der Waals surface area contributed by atoms with E-state index >= 15 is 0 Å². The largest absolute Gasteiger partial charge is 0.380 e. The molecule has 0 spiro atoms. The molecule has 0 bridgehead atoms. The van der Waals surface area contributed by atoms with Gasteiger partial charge in [-0.1, -0.05) is 13.8 Å². The van der Waals surface area contributed by atoms with Gasteiger partial charge in [-0.05, 0) is 43.6 Å². The minimum Gasteiger partial charge on any atom is -0.380 e. The average molecular weight is 240 g/mol. The van der Waals surface area contributed by atoms with E-state index in [-0.39, 0.29) is 0 Å².